The topological polar surface area (TPSA) is 6.48 Å². The average Bonchev–Trinajstić information content (AvgIpc) is 1.98. The van der Waals surface area contributed by atoms with Crippen molar-refractivity contribution in [2.45, 2.75) is 26.2 Å². The lowest BCUT2D eigenvalue weighted by atomic mass is 10.3. The van der Waals surface area contributed by atoms with E-state index in [-0.39, 0.29) is 0 Å². The first-order valence-corrected chi connectivity index (χ1v) is 5.00. The highest BCUT2D eigenvalue weighted by molar-refractivity contribution is 4.52. The third-order valence-corrected chi connectivity index (χ3v) is 2.00. The fourth-order valence-corrected chi connectivity index (χ4v) is 1.30. The normalized spacial score (nSPS) is 11.5. The molecule has 0 radical (unpaired) electrons. The van der Waals surface area contributed by atoms with Crippen LogP contribution in [0.1, 0.15) is 26.2 Å². The summed E-state index contributed by atoms with van der Waals surface area (Å²) >= 11 is 0. The van der Waals surface area contributed by atoms with Crippen LogP contribution in [0.4, 0.5) is 0 Å². The molecule has 0 aliphatic carbocycles. The van der Waals surface area contributed by atoms with Crippen molar-refractivity contribution in [3.05, 3.63) is 0 Å². The molecule has 0 fully saturated rings. The molecule has 0 aliphatic rings. The van der Waals surface area contributed by atoms with Crippen molar-refractivity contribution < 1.29 is 0 Å². The van der Waals surface area contributed by atoms with Gasteiger partial charge in [0.2, 0.25) is 0 Å². The highest BCUT2D eigenvalue weighted by Gasteiger charge is 1.96. The average molecular weight is 172 g/mol. The van der Waals surface area contributed by atoms with E-state index < -0.39 is 0 Å². The summed E-state index contributed by atoms with van der Waals surface area (Å²) in [7, 11) is 6.48. The monoisotopic (exact) mass is 172 g/mol. The van der Waals surface area contributed by atoms with E-state index in [1.807, 2.05) is 0 Å². The van der Waals surface area contributed by atoms with Gasteiger partial charge in [-0.2, -0.15) is 0 Å². The van der Waals surface area contributed by atoms with E-state index in [4.69, 9.17) is 0 Å². The van der Waals surface area contributed by atoms with E-state index in [2.05, 4.69) is 37.9 Å². The van der Waals surface area contributed by atoms with Crippen molar-refractivity contribution in [3.63, 3.8) is 0 Å². The van der Waals surface area contributed by atoms with Crippen LogP contribution in [-0.2, 0) is 0 Å². The Morgan fingerprint density at radius 1 is 0.833 bits per heavy atom. The molecular formula is C10H24N2. The molecule has 0 aliphatic heterocycles. The summed E-state index contributed by atoms with van der Waals surface area (Å²) < 4.78 is 0. The quantitative estimate of drug-likeness (QED) is 0.539. The molecule has 0 unspecified atom stereocenters. The van der Waals surface area contributed by atoms with Crippen LogP contribution in [0.3, 0.4) is 0 Å². The summed E-state index contributed by atoms with van der Waals surface area (Å²) in [5, 5.41) is 0. The molecule has 0 aromatic rings. The van der Waals surface area contributed by atoms with E-state index in [0.717, 1.165) is 0 Å². The molecular weight excluding hydrogens is 148 g/mol. The standard InChI is InChI=1S/C10H24N2/c1-5-8-12(4)10-7-6-9-11(2)3/h5-10H2,1-4H3. The Kier molecular flexibility index (Phi) is 7.51. The molecule has 2 nitrogen and oxygen atoms in total. The Hall–Kier alpha value is -0.0800. The molecule has 0 bridgehead atoms. The summed E-state index contributed by atoms with van der Waals surface area (Å²) in [6, 6.07) is 0. The molecule has 12 heavy (non-hydrogen) atoms. The van der Waals surface area contributed by atoms with Gasteiger partial charge in [-0.1, -0.05) is 6.92 Å². The van der Waals surface area contributed by atoms with Gasteiger partial charge in [-0.3, -0.25) is 0 Å². The highest BCUT2D eigenvalue weighted by atomic mass is 15.1. The molecule has 0 saturated heterocycles. The minimum Gasteiger partial charge on any atom is -0.309 e. The van der Waals surface area contributed by atoms with Gasteiger partial charge in [-0.05, 0) is 60.0 Å². The highest BCUT2D eigenvalue weighted by Crippen LogP contribution is 1.94. The second-order valence-corrected chi connectivity index (χ2v) is 3.81. The second kappa shape index (κ2) is 7.56. The fraction of sp³-hybridized carbons (Fsp3) is 1.00. The van der Waals surface area contributed by atoms with Crippen molar-refractivity contribution in [1.29, 1.82) is 0 Å². The summed E-state index contributed by atoms with van der Waals surface area (Å²) in [6.45, 7) is 5.94. The Labute approximate surface area is 77.5 Å². The van der Waals surface area contributed by atoms with E-state index in [0.29, 0.717) is 0 Å². The molecule has 0 aromatic carbocycles. The summed E-state index contributed by atoms with van der Waals surface area (Å²) in [4.78, 5) is 4.66. The van der Waals surface area contributed by atoms with Gasteiger partial charge >= 0.3 is 0 Å². The molecule has 0 atom stereocenters. The van der Waals surface area contributed by atoms with Crippen LogP contribution in [0, 0.1) is 0 Å². The molecule has 0 N–H and O–H groups in total. The first-order valence-electron chi connectivity index (χ1n) is 5.00. The Morgan fingerprint density at radius 3 is 1.92 bits per heavy atom. The van der Waals surface area contributed by atoms with E-state index in [9.17, 15) is 0 Å². The lowest BCUT2D eigenvalue weighted by molar-refractivity contribution is 0.312. The van der Waals surface area contributed by atoms with Gasteiger partial charge in [0.05, 0.1) is 0 Å². The van der Waals surface area contributed by atoms with Gasteiger partial charge < -0.3 is 9.80 Å². The lowest BCUT2D eigenvalue weighted by Gasteiger charge is -2.15. The Morgan fingerprint density at radius 2 is 1.42 bits per heavy atom. The van der Waals surface area contributed by atoms with Crippen LogP contribution in [0.5, 0.6) is 0 Å². The Balaban J connectivity index is 3.08. The molecule has 0 spiro atoms. The van der Waals surface area contributed by atoms with Crippen LogP contribution < -0.4 is 0 Å². The minimum absolute atomic E-state index is 1.22. The fourth-order valence-electron chi connectivity index (χ4n) is 1.30. The van der Waals surface area contributed by atoms with Crippen molar-refractivity contribution in [1.82, 2.24) is 9.80 Å². The number of hydrogen-bond donors (Lipinski definition) is 0. The van der Waals surface area contributed by atoms with Crippen LogP contribution in [0.2, 0.25) is 0 Å². The molecule has 0 amide bonds. The Bertz CT molecular complexity index is 91.8. The molecule has 2 heteroatoms. The van der Waals surface area contributed by atoms with Crippen LogP contribution in [0.25, 0.3) is 0 Å². The van der Waals surface area contributed by atoms with Gasteiger partial charge in [-0.25, -0.2) is 0 Å². The first kappa shape index (κ1) is 11.9. The zero-order chi connectivity index (χ0) is 9.40. The van der Waals surface area contributed by atoms with Gasteiger partial charge in [0.15, 0.2) is 0 Å². The maximum Gasteiger partial charge on any atom is -0.00213 e. The lowest BCUT2D eigenvalue weighted by Crippen LogP contribution is -2.21. The largest absolute Gasteiger partial charge is 0.309 e. The third-order valence-electron chi connectivity index (χ3n) is 2.00. The predicted octanol–water partition coefficient (Wildman–Crippen LogP) is 1.67. The first-order chi connectivity index (χ1) is 5.66. The molecule has 0 saturated carbocycles. The van der Waals surface area contributed by atoms with E-state index in [1.54, 1.807) is 0 Å². The number of hydrogen-bond acceptors (Lipinski definition) is 2. The number of rotatable bonds is 7. The molecule has 0 aromatic heterocycles. The van der Waals surface area contributed by atoms with Crippen molar-refractivity contribution in [2.24, 2.45) is 0 Å². The number of unbranched alkanes of at least 4 members (excludes halogenated alkanes) is 1. The van der Waals surface area contributed by atoms with E-state index >= 15 is 0 Å². The summed E-state index contributed by atoms with van der Waals surface area (Å²) in [5.41, 5.74) is 0. The SMILES string of the molecule is CCCN(C)CCCCN(C)C. The molecule has 0 rings (SSSR count). The smallest absolute Gasteiger partial charge is 0.00213 e. The van der Waals surface area contributed by atoms with Gasteiger partial charge in [0, 0.05) is 0 Å². The second-order valence-electron chi connectivity index (χ2n) is 3.81. The zero-order valence-corrected chi connectivity index (χ0v) is 9.14. The maximum atomic E-state index is 2.41. The van der Waals surface area contributed by atoms with Gasteiger partial charge in [0.25, 0.3) is 0 Å². The summed E-state index contributed by atoms with van der Waals surface area (Å²) in [6.07, 6.45) is 3.92. The summed E-state index contributed by atoms with van der Waals surface area (Å²) in [5.74, 6) is 0. The maximum absolute atomic E-state index is 2.41. The molecule has 74 valence electrons. The van der Waals surface area contributed by atoms with Crippen molar-refractivity contribution >= 4 is 0 Å². The van der Waals surface area contributed by atoms with Crippen molar-refractivity contribution in [3.8, 4) is 0 Å². The van der Waals surface area contributed by atoms with Gasteiger partial charge in [-0.15, -0.1) is 0 Å². The van der Waals surface area contributed by atoms with Crippen molar-refractivity contribution in [2.75, 3.05) is 40.8 Å². The van der Waals surface area contributed by atoms with Crippen LogP contribution in [-0.4, -0.2) is 50.6 Å². The van der Waals surface area contributed by atoms with Gasteiger partial charge in [0.1, 0.15) is 0 Å². The van der Waals surface area contributed by atoms with E-state index in [1.165, 1.54) is 38.9 Å². The van der Waals surface area contributed by atoms with Crippen LogP contribution in [0.15, 0.2) is 0 Å². The molecule has 0 heterocycles. The predicted molar refractivity (Wildman–Crippen MR) is 55.6 cm³/mol. The third kappa shape index (κ3) is 8.02. The van der Waals surface area contributed by atoms with Crippen LogP contribution >= 0.6 is 0 Å². The zero-order valence-electron chi connectivity index (χ0n) is 9.14. The number of nitrogens with zero attached hydrogens (tertiary/aromatic N) is 2. The minimum atomic E-state index is 1.22.